The molecule has 1 aromatic carbocycles. The van der Waals surface area contributed by atoms with Gasteiger partial charge in [-0.1, -0.05) is 30.5 Å². The molecule has 36 heavy (non-hydrogen) atoms. The van der Waals surface area contributed by atoms with Crippen molar-refractivity contribution < 1.29 is 29.0 Å². The number of halogens is 1. The summed E-state index contributed by atoms with van der Waals surface area (Å²) in [5, 5.41) is 9.64. The molecule has 0 aliphatic carbocycles. The summed E-state index contributed by atoms with van der Waals surface area (Å²) in [6, 6.07) is 6.11. The van der Waals surface area contributed by atoms with Crippen LogP contribution in [-0.2, 0) is 23.9 Å². The second kappa shape index (κ2) is 11.3. The van der Waals surface area contributed by atoms with Gasteiger partial charge in [-0.25, -0.2) is 0 Å². The first-order valence-electron chi connectivity index (χ1n) is 12.8. The smallest absolute Gasteiger partial charge is 0.312 e. The van der Waals surface area contributed by atoms with Crippen molar-refractivity contribution in [3.8, 4) is 0 Å². The van der Waals surface area contributed by atoms with E-state index in [0.717, 1.165) is 12.8 Å². The SMILES string of the molecule is C=CCN(C(=O)[C@H]1N(CCCCCCO)C(=O)[C@@H]2[C@@H](C(=O)OCC)[C@H]3CC[C@]21O3)c1ccc(Cl)cc1. The first-order valence-corrected chi connectivity index (χ1v) is 13.2. The van der Waals surface area contributed by atoms with Crippen LogP contribution in [0.1, 0.15) is 45.4 Å². The summed E-state index contributed by atoms with van der Waals surface area (Å²) in [5.41, 5.74) is -0.415. The van der Waals surface area contributed by atoms with Crippen molar-refractivity contribution in [2.75, 3.05) is 31.2 Å². The zero-order valence-corrected chi connectivity index (χ0v) is 21.5. The number of aliphatic hydroxyl groups excluding tert-OH is 1. The molecule has 3 aliphatic rings. The Morgan fingerprint density at radius 3 is 2.67 bits per heavy atom. The Bertz CT molecular complexity index is 985. The molecule has 3 fully saturated rings. The van der Waals surface area contributed by atoms with Gasteiger partial charge in [-0.3, -0.25) is 14.4 Å². The van der Waals surface area contributed by atoms with Gasteiger partial charge in [0, 0.05) is 30.4 Å². The molecule has 196 valence electrons. The number of hydrogen-bond acceptors (Lipinski definition) is 6. The second-order valence-electron chi connectivity index (χ2n) is 9.69. The number of nitrogens with zero attached hydrogens (tertiary/aromatic N) is 2. The van der Waals surface area contributed by atoms with E-state index in [0.29, 0.717) is 42.9 Å². The third-order valence-corrected chi connectivity index (χ3v) is 7.87. The van der Waals surface area contributed by atoms with Crippen LogP contribution in [0, 0.1) is 11.8 Å². The van der Waals surface area contributed by atoms with E-state index in [1.165, 1.54) is 0 Å². The van der Waals surface area contributed by atoms with Crippen molar-refractivity contribution in [2.24, 2.45) is 11.8 Å². The van der Waals surface area contributed by atoms with Crippen LogP contribution in [0.5, 0.6) is 0 Å². The van der Waals surface area contributed by atoms with Crippen LogP contribution in [0.15, 0.2) is 36.9 Å². The number of likely N-dealkylation sites (tertiary alicyclic amines) is 1. The molecule has 4 rings (SSSR count). The molecule has 2 bridgehead atoms. The monoisotopic (exact) mass is 518 g/mol. The van der Waals surface area contributed by atoms with Gasteiger partial charge in [0.1, 0.15) is 11.6 Å². The number of esters is 1. The molecule has 1 spiro atoms. The van der Waals surface area contributed by atoms with E-state index >= 15 is 0 Å². The van der Waals surface area contributed by atoms with Crippen molar-refractivity contribution in [3.05, 3.63) is 41.9 Å². The number of unbranched alkanes of at least 4 members (excludes halogenated alkanes) is 3. The van der Waals surface area contributed by atoms with Gasteiger partial charge in [0.15, 0.2) is 0 Å². The average molecular weight is 519 g/mol. The maximum absolute atomic E-state index is 14.3. The Kier molecular flexibility index (Phi) is 8.37. The molecule has 3 saturated heterocycles. The predicted molar refractivity (Wildman–Crippen MR) is 136 cm³/mol. The van der Waals surface area contributed by atoms with Crippen LogP contribution < -0.4 is 4.90 Å². The lowest BCUT2D eigenvalue weighted by atomic mass is 9.70. The minimum absolute atomic E-state index is 0.128. The summed E-state index contributed by atoms with van der Waals surface area (Å²) in [5.74, 6) is -2.35. The molecule has 8 nitrogen and oxygen atoms in total. The van der Waals surface area contributed by atoms with Gasteiger partial charge in [0.2, 0.25) is 5.91 Å². The highest BCUT2D eigenvalue weighted by Crippen LogP contribution is 2.59. The standard InChI is InChI=1S/C27H35ClN2O6/c1-3-15-29(19-11-9-18(28)10-12-19)25(33)23-27-14-13-20(36-27)21(26(34)35-4-2)22(27)24(32)30(23)16-7-5-6-8-17-31/h3,9-12,20-23,31H,1,4-8,13-17H2,2H3/t20-,21+,22+,23-,27+/m1/s1. The Hall–Kier alpha value is -2.42. The third kappa shape index (κ3) is 4.66. The number of hydrogen-bond donors (Lipinski definition) is 1. The average Bonchev–Trinajstić information content (AvgIpc) is 3.50. The van der Waals surface area contributed by atoms with Crippen LogP contribution in [0.2, 0.25) is 5.02 Å². The fourth-order valence-electron chi connectivity index (χ4n) is 6.15. The molecule has 3 heterocycles. The highest BCUT2D eigenvalue weighted by atomic mass is 35.5. The second-order valence-corrected chi connectivity index (χ2v) is 10.1. The highest BCUT2D eigenvalue weighted by Gasteiger charge is 2.75. The van der Waals surface area contributed by atoms with E-state index in [1.807, 2.05) is 0 Å². The van der Waals surface area contributed by atoms with E-state index in [-0.39, 0.29) is 31.6 Å². The number of carbonyl (C=O) groups is 3. The molecule has 1 N–H and O–H groups in total. The van der Waals surface area contributed by atoms with Crippen LogP contribution in [0.25, 0.3) is 0 Å². The van der Waals surface area contributed by atoms with Crippen LogP contribution >= 0.6 is 11.6 Å². The van der Waals surface area contributed by atoms with Gasteiger partial charge >= 0.3 is 5.97 Å². The predicted octanol–water partition coefficient (Wildman–Crippen LogP) is 3.35. The number of aliphatic hydroxyl groups is 1. The summed E-state index contributed by atoms with van der Waals surface area (Å²) < 4.78 is 11.8. The Morgan fingerprint density at radius 2 is 2.00 bits per heavy atom. The maximum atomic E-state index is 14.3. The van der Waals surface area contributed by atoms with Crippen molar-refractivity contribution in [3.63, 3.8) is 0 Å². The van der Waals surface area contributed by atoms with Crippen molar-refractivity contribution in [1.82, 2.24) is 4.90 Å². The van der Waals surface area contributed by atoms with Crippen LogP contribution in [0.4, 0.5) is 5.69 Å². The maximum Gasteiger partial charge on any atom is 0.312 e. The van der Waals surface area contributed by atoms with E-state index in [1.54, 1.807) is 47.1 Å². The molecule has 5 atom stereocenters. The molecular formula is C27H35ClN2O6. The van der Waals surface area contributed by atoms with Crippen LogP contribution in [-0.4, -0.2) is 71.8 Å². The number of fused-ring (bicyclic) bond motifs is 1. The summed E-state index contributed by atoms with van der Waals surface area (Å²) in [7, 11) is 0. The molecular weight excluding hydrogens is 484 g/mol. The van der Waals surface area contributed by atoms with E-state index in [2.05, 4.69) is 6.58 Å². The number of amides is 2. The molecule has 1 aromatic rings. The Morgan fingerprint density at radius 1 is 1.28 bits per heavy atom. The first-order chi connectivity index (χ1) is 17.4. The number of rotatable bonds is 12. The molecule has 2 amide bonds. The van der Waals surface area contributed by atoms with Gasteiger partial charge in [0.25, 0.3) is 5.91 Å². The van der Waals surface area contributed by atoms with Crippen molar-refractivity contribution in [2.45, 2.75) is 63.2 Å². The largest absolute Gasteiger partial charge is 0.466 e. The van der Waals surface area contributed by atoms with Gasteiger partial charge in [-0.15, -0.1) is 6.58 Å². The minimum Gasteiger partial charge on any atom is -0.466 e. The Labute approximate surface area is 217 Å². The van der Waals surface area contributed by atoms with E-state index in [4.69, 9.17) is 26.2 Å². The fraction of sp³-hybridized carbons (Fsp3) is 0.593. The van der Waals surface area contributed by atoms with Gasteiger partial charge in [-0.2, -0.15) is 0 Å². The van der Waals surface area contributed by atoms with Crippen molar-refractivity contribution in [1.29, 1.82) is 0 Å². The summed E-state index contributed by atoms with van der Waals surface area (Å²) in [6.45, 7) is 6.54. The number of benzene rings is 1. The quantitative estimate of drug-likeness (QED) is 0.259. The molecule has 9 heteroatoms. The molecule has 0 radical (unpaired) electrons. The van der Waals surface area contributed by atoms with Crippen molar-refractivity contribution >= 4 is 35.1 Å². The number of ether oxygens (including phenoxy) is 2. The molecule has 0 saturated carbocycles. The van der Waals surface area contributed by atoms with E-state index < -0.39 is 35.6 Å². The summed E-state index contributed by atoms with van der Waals surface area (Å²) in [4.78, 5) is 44.3. The number of anilines is 1. The Balaban J connectivity index is 1.69. The number of carbonyl (C=O) groups excluding carboxylic acids is 3. The molecule has 0 unspecified atom stereocenters. The zero-order chi connectivity index (χ0) is 25.9. The van der Waals surface area contributed by atoms with E-state index in [9.17, 15) is 14.4 Å². The molecule has 0 aromatic heterocycles. The van der Waals surface area contributed by atoms with Gasteiger partial charge in [-0.05, 0) is 56.9 Å². The van der Waals surface area contributed by atoms with Gasteiger partial charge < -0.3 is 24.4 Å². The van der Waals surface area contributed by atoms with Gasteiger partial charge in [0.05, 0.1) is 24.5 Å². The fourth-order valence-corrected chi connectivity index (χ4v) is 6.27. The first kappa shape index (κ1) is 26.6. The summed E-state index contributed by atoms with van der Waals surface area (Å²) >= 11 is 6.07. The zero-order valence-electron chi connectivity index (χ0n) is 20.7. The lowest BCUT2D eigenvalue weighted by Gasteiger charge is -2.36. The molecule has 3 aliphatic heterocycles. The normalized spacial score (nSPS) is 28.3. The topological polar surface area (TPSA) is 96.4 Å². The minimum atomic E-state index is -1.06. The lowest BCUT2D eigenvalue weighted by molar-refractivity contribution is -0.154. The van der Waals surface area contributed by atoms with Crippen LogP contribution in [0.3, 0.4) is 0 Å². The third-order valence-electron chi connectivity index (χ3n) is 7.62. The highest BCUT2D eigenvalue weighted by molar-refractivity contribution is 6.30. The summed E-state index contributed by atoms with van der Waals surface area (Å²) in [6.07, 6.45) is 5.39. The lowest BCUT2D eigenvalue weighted by Crippen LogP contribution is -2.56.